The largest absolute Gasteiger partial charge is 0.461 e. The summed E-state index contributed by atoms with van der Waals surface area (Å²) < 4.78 is 8.30. The van der Waals surface area contributed by atoms with Crippen LogP contribution in [-0.2, 0) is 4.74 Å². The number of esters is 1. The molecule has 0 N–H and O–H groups in total. The van der Waals surface area contributed by atoms with Gasteiger partial charge in [0.25, 0.3) is 0 Å². The number of carbonyl (C=O) groups is 1. The number of pyridine rings is 1. The van der Waals surface area contributed by atoms with E-state index in [9.17, 15) is 4.79 Å². The van der Waals surface area contributed by atoms with Crippen LogP contribution in [-0.4, -0.2) is 31.7 Å². The zero-order chi connectivity index (χ0) is 14.1. The smallest absolute Gasteiger partial charge is 0.358 e. The number of halogens is 1. The lowest BCUT2D eigenvalue weighted by atomic mass is 10.4. The Morgan fingerprint density at radius 3 is 3.05 bits per heavy atom. The summed E-state index contributed by atoms with van der Waals surface area (Å²) in [6.07, 6.45) is 5.14. The van der Waals surface area contributed by atoms with E-state index in [0.717, 1.165) is 0 Å². The van der Waals surface area contributed by atoms with E-state index in [0.29, 0.717) is 23.1 Å². The molecule has 3 heterocycles. The Morgan fingerprint density at radius 1 is 1.40 bits per heavy atom. The number of aromatic nitrogens is 4. The molecule has 20 heavy (non-hydrogen) atoms. The van der Waals surface area contributed by atoms with Crippen molar-refractivity contribution in [3.05, 3.63) is 47.5 Å². The van der Waals surface area contributed by atoms with Crippen molar-refractivity contribution in [3.8, 4) is 5.82 Å². The molecule has 6 nitrogen and oxygen atoms in total. The quantitative estimate of drug-likeness (QED) is 0.695. The number of rotatable bonds is 3. The van der Waals surface area contributed by atoms with Gasteiger partial charge < -0.3 is 4.74 Å². The minimum atomic E-state index is -0.442. The first-order valence-electron chi connectivity index (χ1n) is 6.05. The van der Waals surface area contributed by atoms with Gasteiger partial charge in [-0.3, -0.25) is 4.40 Å². The third kappa shape index (κ3) is 2.14. The monoisotopic (exact) mass is 290 g/mol. The normalized spacial score (nSPS) is 10.9. The van der Waals surface area contributed by atoms with Crippen molar-refractivity contribution >= 4 is 23.2 Å². The Balaban J connectivity index is 2.01. The summed E-state index contributed by atoms with van der Waals surface area (Å²) in [5, 5.41) is 4.81. The first-order chi connectivity index (χ1) is 9.69. The van der Waals surface area contributed by atoms with E-state index in [-0.39, 0.29) is 5.69 Å². The molecule has 0 aliphatic heterocycles. The predicted molar refractivity (Wildman–Crippen MR) is 73.3 cm³/mol. The first-order valence-corrected chi connectivity index (χ1v) is 6.42. The van der Waals surface area contributed by atoms with Crippen LogP contribution in [0.5, 0.6) is 0 Å². The van der Waals surface area contributed by atoms with Crippen LogP contribution >= 0.6 is 11.6 Å². The Labute approximate surface area is 119 Å². The van der Waals surface area contributed by atoms with E-state index in [4.69, 9.17) is 16.3 Å². The van der Waals surface area contributed by atoms with Crippen LogP contribution in [0.3, 0.4) is 0 Å². The summed E-state index contributed by atoms with van der Waals surface area (Å²) in [6, 6.07) is 5.11. The van der Waals surface area contributed by atoms with E-state index >= 15 is 0 Å². The molecule has 0 aromatic carbocycles. The van der Waals surface area contributed by atoms with Gasteiger partial charge in [-0.2, -0.15) is 5.10 Å². The summed E-state index contributed by atoms with van der Waals surface area (Å²) in [5.41, 5.74) is 0.969. The second-order valence-electron chi connectivity index (χ2n) is 4.06. The molecule has 0 radical (unpaired) electrons. The Hall–Kier alpha value is -2.34. The lowest BCUT2D eigenvalue weighted by Crippen LogP contribution is -2.07. The van der Waals surface area contributed by atoms with Gasteiger partial charge in [0.2, 0.25) is 0 Å². The molecule has 0 atom stereocenters. The minimum Gasteiger partial charge on any atom is -0.461 e. The van der Waals surface area contributed by atoms with Crippen LogP contribution in [0.15, 0.2) is 36.8 Å². The van der Waals surface area contributed by atoms with Crippen molar-refractivity contribution in [3.63, 3.8) is 0 Å². The average Bonchev–Trinajstić information content (AvgIpc) is 3.04. The fraction of sp³-hybridized carbons (Fsp3) is 0.154. The molecule has 0 aliphatic rings. The molecule has 3 aromatic rings. The molecule has 102 valence electrons. The number of imidazole rings is 1. The second kappa shape index (κ2) is 4.97. The SMILES string of the molecule is CCOC(=O)c1ccn(-c2cnc3cc(Cl)ccn23)n1. The molecule has 0 saturated carbocycles. The minimum absolute atomic E-state index is 0.260. The maximum atomic E-state index is 11.6. The number of nitrogens with zero attached hydrogens (tertiary/aromatic N) is 4. The number of hydrogen-bond acceptors (Lipinski definition) is 4. The van der Waals surface area contributed by atoms with Crippen LogP contribution in [0.25, 0.3) is 11.5 Å². The fourth-order valence-electron chi connectivity index (χ4n) is 1.88. The van der Waals surface area contributed by atoms with Gasteiger partial charge in [0.05, 0.1) is 12.8 Å². The lowest BCUT2D eigenvalue weighted by molar-refractivity contribution is 0.0519. The molecule has 0 bridgehead atoms. The van der Waals surface area contributed by atoms with Gasteiger partial charge in [-0.15, -0.1) is 0 Å². The Bertz CT molecular complexity index is 778. The van der Waals surface area contributed by atoms with Crippen LogP contribution in [0.1, 0.15) is 17.4 Å². The highest BCUT2D eigenvalue weighted by atomic mass is 35.5. The molecule has 0 fully saturated rings. The fourth-order valence-corrected chi connectivity index (χ4v) is 2.03. The van der Waals surface area contributed by atoms with Crippen molar-refractivity contribution < 1.29 is 9.53 Å². The maximum absolute atomic E-state index is 11.6. The van der Waals surface area contributed by atoms with E-state index in [1.54, 1.807) is 48.4 Å². The molecule has 0 amide bonds. The van der Waals surface area contributed by atoms with Gasteiger partial charge in [-0.05, 0) is 19.1 Å². The van der Waals surface area contributed by atoms with E-state index in [2.05, 4.69) is 10.1 Å². The molecular formula is C13H11ClN4O2. The first kappa shape index (κ1) is 12.7. The molecule has 0 unspecified atom stereocenters. The van der Waals surface area contributed by atoms with Gasteiger partial charge in [-0.25, -0.2) is 14.5 Å². The Morgan fingerprint density at radius 2 is 2.25 bits per heavy atom. The van der Waals surface area contributed by atoms with E-state index in [1.807, 2.05) is 4.40 Å². The number of carbonyl (C=O) groups excluding carboxylic acids is 1. The zero-order valence-electron chi connectivity index (χ0n) is 10.7. The second-order valence-corrected chi connectivity index (χ2v) is 4.49. The third-order valence-corrected chi connectivity index (χ3v) is 3.00. The molecule has 0 aliphatic carbocycles. The van der Waals surface area contributed by atoms with Crippen molar-refractivity contribution in [2.75, 3.05) is 6.61 Å². The van der Waals surface area contributed by atoms with Gasteiger partial charge >= 0.3 is 5.97 Å². The topological polar surface area (TPSA) is 61.4 Å². The van der Waals surface area contributed by atoms with Crippen molar-refractivity contribution in [1.29, 1.82) is 0 Å². The third-order valence-electron chi connectivity index (χ3n) is 2.76. The predicted octanol–water partition coefficient (Wildman–Crippen LogP) is 2.35. The molecular weight excluding hydrogens is 280 g/mol. The summed E-state index contributed by atoms with van der Waals surface area (Å²) in [6.45, 7) is 2.07. The van der Waals surface area contributed by atoms with Gasteiger partial charge in [-0.1, -0.05) is 11.6 Å². The van der Waals surface area contributed by atoms with Crippen LogP contribution < -0.4 is 0 Å². The Kier molecular flexibility index (Phi) is 3.15. The molecule has 0 saturated heterocycles. The molecule has 7 heteroatoms. The van der Waals surface area contributed by atoms with E-state index in [1.165, 1.54) is 0 Å². The summed E-state index contributed by atoms with van der Waals surface area (Å²) in [5.74, 6) is 0.273. The van der Waals surface area contributed by atoms with Crippen LogP contribution in [0, 0.1) is 0 Å². The number of hydrogen-bond donors (Lipinski definition) is 0. The van der Waals surface area contributed by atoms with Gasteiger partial charge in [0.1, 0.15) is 5.65 Å². The molecule has 3 rings (SSSR count). The highest BCUT2D eigenvalue weighted by molar-refractivity contribution is 6.30. The highest BCUT2D eigenvalue weighted by Crippen LogP contribution is 2.16. The van der Waals surface area contributed by atoms with E-state index < -0.39 is 5.97 Å². The summed E-state index contributed by atoms with van der Waals surface area (Å²) >= 11 is 5.92. The van der Waals surface area contributed by atoms with Crippen molar-refractivity contribution in [2.45, 2.75) is 6.92 Å². The van der Waals surface area contributed by atoms with Crippen molar-refractivity contribution in [2.24, 2.45) is 0 Å². The van der Waals surface area contributed by atoms with Gasteiger partial charge in [0.15, 0.2) is 11.5 Å². The zero-order valence-corrected chi connectivity index (χ0v) is 11.4. The molecule has 0 spiro atoms. The molecule has 3 aromatic heterocycles. The number of fused-ring (bicyclic) bond motifs is 1. The summed E-state index contributed by atoms with van der Waals surface area (Å²) in [4.78, 5) is 15.8. The lowest BCUT2D eigenvalue weighted by Gasteiger charge is -2.01. The maximum Gasteiger partial charge on any atom is 0.358 e. The van der Waals surface area contributed by atoms with Crippen LogP contribution in [0.4, 0.5) is 0 Å². The summed E-state index contributed by atoms with van der Waals surface area (Å²) in [7, 11) is 0. The average molecular weight is 291 g/mol. The van der Waals surface area contributed by atoms with Gasteiger partial charge in [0, 0.05) is 23.5 Å². The van der Waals surface area contributed by atoms with Crippen molar-refractivity contribution in [1.82, 2.24) is 19.2 Å². The number of ether oxygens (including phenoxy) is 1. The van der Waals surface area contributed by atoms with Crippen LogP contribution in [0.2, 0.25) is 5.02 Å². The standard InChI is InChI=1S/C13H11ClN4O2/c1-2-20-13(19)10-4-6-18(16-10)12-8-15-11-7-9(14)3-5-17(11)12/h3-8H,2H2,1H3. The highest BCUT2D eigenvalue weighted by Gasteiger charge is 2.13.